The molecule has 8 heteroatoms. The standard InChI is InChI=1S/C17H19ClN4O2S/c1-21(2)16(12-6-4-3-5-7-12)11-19-17(25)20-15-10-13(22(23)24)8-9-14(15)18/h3-10,16H,11H2,1-2H3,(H2,19,20,25)/p+1/t16-/m0/s1. The van der Waals surface area contributed by atoms with Gasteiger partial charge in [0, 0.05) is 17.7 Å². The van der Waals surface area contributed by atoms with Gasteiger partial charge >= 0.3 is 0 Å². The highest BCUT2D eigenvalue weighted by Crippen LogP contribution is 2.26. The summed E-state index contributed by atoms with van der Waals surface area (Å²) in [4.78, 5) is 11.7. The van der Waals surface area contributed by atoms with Gasteiger partial charge in [-0.2, -0.15) is 0 Å². The Kier molecular flexibility index (Phi) is 6.69. The molecule has 1 atom stereocenters. The second-order valence-electron chi connectivity index (χ2n) is 5.80. The van der Waals surface area contributed by atoms with Crippen molar-refractivity contribution in [3.8, 4) is 0 Å². The largest absolute Gasteiger partial charge is 0.356 e. The normalized spacial score (nSPS) is 11.8. The van der Waals surface area contributed by atoms with E-state index >= 15 is 0 Å². The molecule has 2 rings (SSSR count). The van der Waals surface area contributed by atoms with E-state index in [2.05, 4.69) is 36.9 Å². The molecule has 0 amide bonds. The molecule has 2 aromatic carbocycles. The Labute approximate surface area is 156 Å². The van der Waals surface area contributed by atoms with Gasteiger partial charge in [-0.15, -0.1) is 0 Å². The number of thiocarbonyl (C=S) groups is 1. The first-order valence-electron chi connectivity index (χ1n) is 7.72. The number of hydrogen-bond acceptors (Lipinski definition) is 3. The van der Waals surface area contributed by atoms with Crippen molar-refractivity contribution in [2.24, 2.45) is 0 Å². The zero-order chi connectivity index (χ0) is 18.4. The first-order chi connectivity index (χ1) is 11.9. The summed E-state index contributed by atoms with van der Waals surface area (Å²) in [5.74, 6) is 0. The highest BCUT2D eigenvalue weighted by molar-refractivity contribution is 7.80. The number of nitro groups is 1. The number of halogens is 1. The van der Waals surface area contributed by atoms with Gasteiger partial charge < -0.3 is 15.5 Å². The van der Waals surface area contributed by atoms with Gasteiger partial charge in [0.2, 0.25) is 0 Å². The lowest BCUT2D eigenvalue weighted by atomic mass is 10.1. The maximum absolute atomic E-state index is 10.9. The van der Waals surface area contributed by atoms with Crippen LogP contribution in [0.2, 0.25) is 5.02 Å². The number of non-ortho nitro benzene ring substituents is 1. The van der Waals surface area contributed by atoms with Crippen molar-refractivity contribution in [1.29, 1.82) is 0 Å². The van der Waals surface area contributed by atoms with E-state index in [0.29, 0.717) is 22.4 Å². The average molecular weight is 380 g/mol. The Morgan fingerprint density at radius 3 is 2.56 bits per heavy atom. The fourth-order valence-electron chi connectivity index (χ4n) is 2.42. The summed E-state index contributed by atoms with van der Waals surface area (Å²) in [6, 6.07) is 14.5. The molecule has 0 saturated heterocycles. The quantitative estimate of drug-likeness (QED) is 0.408. The molecule has 2 aromatic rings. The molecular weight excluding hydrogens is 360 g/mol. The number of hydrogen-bond donors (Lipinski definition) is 3. The molecule has 6 nitrogen and oxygen atoms in total. The minimum Gasteiger partial charge on any atom is -0.356 e. The van der Waals surface area contributed by atoms with Gasteiger partial charge in [-0.1, -0.05) is 41.9 Å². The van der Waals surface area contributed by atoms with Crippen LogP contribution in [-0.2, 0) is 0 Å². The van der Waals surface area contributed by atoms with E-state index in [1.165, 1.54) is 28.7 Å². The van der Waals surface area contributed by atoms with Crippen molar-refractivity contribution in [2.75, 3.05) is 26.0 Å². The summed E-state index contributed by atoms with van der Waals surface area (Å²) >= 11 is 11.4. The summed E-state index contributed by atoms with van der Waals surface area (Å²) in [6.07, 6.45) is 0. The van der Waals surface area contributed by atoms with E-state index < -0.39 is 4.92 Å². The van der Waals surface area contributed by atoms with Crippen molar-refractivity contribution in [2.45, 2.75) is 6.04 Å². The fourth-order valence-corrected chi connectivity index (χ4v) is 2.78. The van der Waals surface area contributed by atoms with Crippen LogP contribution in [0.1, 0.15) is 11.6 Å². The van der Waals surface area contributed by atoms with Crippen molar-refractivity contribution in [1.82, 2.24) is 5.32 Å². The lowest BCUT2D eigenvalue weighted by Gasteiger charge is -2.23. The Morgan fingerprint density at radius 1 is 1.28 bits per heavy atom. The first kappa shape index (κ1) is 19.1. The van der Waals surface area contributed by atoms with E-state index in [9.17, 15) is 10.1 Å². The summed E-state index contributed by atoms with van der Waals surface area (Å²) in [5.41, 5.74) is 1.56. The van der Waals surface area contributed by atoms with Gasteiger partial charge in [0.15, 0.2) is 5.11 Å². The third-order valence-corrected chi connectivity index (χ3v) is 4.35. The van der Waals surface area contributed by atoms with Crippen LogP contribution >= 0.6 is 23.8 Å². The number of rotatable bonds is 6. The first-order valence-corrected chi connectivity index (χ1v) is 8.51. The lowest BCUT2D eigenvalue weighted by Crippen LogP contribution is -3.07. The second kappa shape index (κ2) is 8.75. The molecule has 0 bridgehead atoms. The van der Waals surface area contributed by atoms with Crippen LogP contribution in [0.4, 0.5) is 11.4 Å². The Bertz CT molecular complexity index is 756. The molecule has 3 N–H and O–H groups in total. The van der Waals surface area contributed by atoms with Crippen LogP contribution in [0.25, 0.3) is 0 Å². The smallest absolute Gasteiger partial charge is 0.271 e. The third kappa shape index (κ3) is 5.38. The SMILES string of the molecule is C[NH+](C)[C@@H](CNC(=S)Nc1cc([N+](=O)[O-])ccc1Cl)c1ccccc1. The number of nitrogens with zero attached hydrogens (tertiary/aromatic N) is 1. The number of nitro benzene ring substituents is 1. The Balaban J connectivity index is 2.02. The highest BCUT2D eigenvalue weighted by atomic mass is 35.5. The maximum atomic E-state index is 10.9. The zero-order valence-electron chi connectivity index (χ0n) is 14.0. The Morgan fingerprint density at radius 2 is 1.96 bits per heavy atom. The van der Waals surface area contributed by atoms with E-state index in [-0.39, 0.29) is 11.7 Å². The molecule has 0 spiro atoms. The van der Waals surface area contributed by atoms with Crippen molar-refractivity contribution < 1.29 is 9.82 Å². The number of likely N-dealkylation sites (N-methyl/N-ethyl adjacent to an activating group) is 1. The van der Waals surface area contributed by atoms with Crippen molar-refractivity contribution in [3.05, 3.63) is 69.2 Å². The summed E-state index contributed by atoms with van der Waals surface area (Å²) < 4.78 is 0. The fraction of sp³-hybridized carbons (Fsp3) is 0.235. The molecule has 0 heterocycles. The second-order valence-corrected chi connectivity index (χ2v) is 6.61. The molecule has 0 radical (unpaired) electrons. The molecular formula is C17H20ClN4O2S+. The van der Waals surface area contributed by atoms with Gasteiger partial charge in [-0.3, -0.25) is 10.1 Å². The van der Waals surface area contributed by atoms with Crippen molar-refractivity contribution >= 4 is 40.3 Å². The van der Waals surface area contributed by atoms with Gasteiger partial charge in [0.1, 0.15) is 6.04 Å². The minimum atomic E-state index is -0.473. The van der Waals surface area contributed by atoms with E-state index in [1.54, 1.807) is 0 Å². The van der Waals surface area contributed by atoms with Crippen LogP contribution in [-0.4, -0.2) is 30.7 Å². The van der Waals surface area contributed by atoms with E-state index in [1.807, 2.05) is 18.2 Å². The number of anilines is 1. The third-order valence-electron chi connectivity index (χ3n) is 3.77. The predicted molar refractivity (Wildman–Crippen MR) is 104 cm³/mol. The monoisotopic (exact) mass is 379 g/mol. The Hall–Kier alpha value is -2.22. The van der Waals surface area contributed by atoms with Gasteiger partial charge in [-0.25, -0.2) is 0 Å². The van der Waals surface area contributed by atoms with Crippen LogP contribution in [0.3, 0.4) is 0 Å². The molecule has 132 valence electrons. The predicted octanol–water partition coefficient (Wildman–Crippen LogP) is 2.42. The van der Waals surface area contributed by atoms with Crippen molar-refractivity contribution in [3.63, 3.8) is 0 Å². The number of quaternary nitrogens is 1. The summed E-state index contributed by atoms with van der Waals surface area (Å²) in [7, 11) is 4.15. The van der Waals surface area contributed by atoms with Gasteiger partial charge in [0.05, 0.1) is 36.3 Å². The number of nitrogens with one attached hydrogen (secondary N) is 3. The molecule has 0 aromatic heterocycles. The van der Waals surface area contributed by atoms with Crippen LogP contribution in [0.5, 0.6) is 0 Å². The molecule has 0 aliphatic heterocycles. The molecule has 0 fully saturated rings. The van der Waals surface area contributed by atoms with Gasteiger partial charge in [0.25, 0.3) is 5.69 Å². The average Bonchev–Trinajstić information content (AvgIpc) is 2.57. The molecule has 0 aliphatic carbocycles. The van der Waals surface area contributed by atoms with Crippen LogP contribution < -0.4 is 15.5 Å². The van der Waals surface area contributed by atoms with Crippen LogP contribution in [0, 0.1) is 10.1 Å². The van der Waals surface area contributed by atoms with E-state index in [4.69, 9.17) is 23.8 Å². The maximum Gasteiger partial charge on any atom is 0.271 e. The topological polar surface area (TPSA) is 71.6 Å². The number of benzene rings is 2. The molecule has 0 saturated carbocycles. The molecule has 0 unspecified atom stereocenters. The van der Waals surface area contributed by atoms with Gasteiger partial charge in [-0.05, 0) is 18.3 Å². The minimum absolute atomic E-state index is 0.0467. The summed E-state index contributed by atoms with van der Waals surface area (Å²) in [6.45, 7) is 0.616. The lowest BCUT2D eigenvalue weighted by molar-refractivity contribution is -0.890. The van der Waals surface area contributed by atoms with E-state index in [0.717, 1.165) is 0 Å². The molecule has 0 aliphatic rings. The van der Waals surface area contributed by atoms with Crippen LogP contribution in [0.15, 0.2) is 48.5 Å². The summed E-state index contributed by atoms with van der Waals surface area (Å²) in [5, 5.41) is 17.7. The molecule has 25 heavy (non-hydrogen) atoms. The highest BCUT2D eigenvalue weighted by Gasteiger charge is 2.18. The zero-order valence-corrected chi connectivity index (χ0v) is 15.5.